The topological polar surface area (TPSA) is 72.7 Å². The lowest BCUT2D eigenvalue weighted by Crippen LogP contribution is -2.25. The van der Waals surface area contributed by atoms with Crippen molar-refractivity contribution in [2.24, 2.45) is 0 Å². The first-order valence-corrected chi connectivity index (χ1v) is 6.14. The Labute approximate surface area is 109 Å². The van der Waals surface area contributed by atoms with Gasteiger partial charge in [-0.3, -0.25) is 0 Å². The van der Waals surface area contributed by atoms with Crippen LogP contribution in [-0.2, 0) is 18.9 Å². The second kappa shape index (κ2) is 14.4. The van der Waals surface area contributed by atoms with Crippen LogP contribution in [0.25, 0.3) is 0 Å². The third-order valence-corrected chi connectivity index (χ3v) is 2.23. The summed E-state index contributed by atoms with van der Waals surface area (Å²) in [5.41, 5.74) is 0. The van der Waals surface area contributed by atoms with Gasteiger partial charge in [-0.2, -0.15) is 5.26 Å². The zero-order chi connectivity index (χ0) is 13.5. The van der Waals surface area contributed by atoms with Gasteiger partial charge in [-0.1, -0.05) is 0 Å². The molecule has 0 aromatic heterocycles. The van der Waals surface area contributed by atoms with Crippen molar-refractivity contribution in [2.75, 3.05) is 60.4 Å². The lowest BCUT2D eigenvalue weighted by molar-refractivity contribution is 0.00308. The standard InChI is InChI=1S/C12H24N2O4/c1-14-12(11-13)3-4-16-7-8-18-10-9-17-6-5-15-2/h12,14H,3-10H2,1-2H3. The Bertz CT molecular complexity index is 209. The van der Waals surface area contributed by atoms with E-state index < -0.39 is 0 Å². The van der Waals surface area contributed by atoms with Crippen molar-refractivity contribution in [1.29, 1.82) is 5.26 Å². The van der Waals surface area contributed by atoms with Crippen molar-refractivity contribution in [1.82, 2.24) is 5.32 Å². The van der Waals surface area contributed by atoms with E-state index in [1.54, 1.807) is 14.2 Å². The molecule has 0 aliphatic carbocycles. The Morgan fingerprint density at radius 3 is 1.89 bits per heavy atom. The smallest absolute Gasteiger partial charge is 0.0972 e. The van der Waals surface area contributed by atoms with E-state index in [1.165, 1.54) is 0 Å². The summed E-state index contributed by atoms with van der Waals surface area (Å²) in [4.78, 5) is 0. The van der Waals surface area contributed by atoms with Gasteiger partial charge in [-0.15, -0.1) is 0 Å². The zero-order valence-electron chi connectivity index (χ0n) is 11.3. The van der Waals surface area contributed by atoms with Crippen LogP contribution in [-0.4, -0.2) is 66.4 Å². The van der Waals surface area contributed by atoms with Gasteiger partial charge < -0.3 is 24.3 Å². The van der Waals surface area contributed by atoms with E-state index in [0.29, 0.717) is 52.7 Å². The van der Waals surface area contributed by atoms with Crippen LogP contribution in [0.4, 0.5) is 0 Å². The monoisotopic (exact) mass is 260 g/mol. The van der Waals surface area contributed by atoms with Crippen molar-refractivity contribution >= 4 is 0 Å². The minimum absolute atomic E-state index is 0.139. The van der Waals surface area contributed by atoms with Crippen LogP contribution in [0.2, 0.25) is 0 Å². The molecule has 0 fully saturated rings. The van der Waals surface area contributed by atoms with Crippen molar-refractivity contribution in [2.45, 2.75) is 12.5 Å². The number of nitrogens with one attached hydrogen (secondary N) is 1. The van der Waals surface area contributed by atoms with Crippen molar-refractivity contribution in [3.8, 4) is 6.07 Å². The van der Waals surface area contributed by atoms with Crippen LogP contribution in [0.15, 0.2) is 0 Å². The average molecular weight is 260 g/mol. The molecule has 0 saturated carbocycles. The van der Waals surface area contributed by atoms with Gasteiger partial charge >= 0.3 is 0 Å². The number of methoxy groups -OCH3 is 1. The third kappa shape index (κ3) is 11.8. The number of nitriles is 1. The summed E-state index contributed by atoms with van der Waals surface area (Å²) in [5.74, 6) is 0. The second-order valence-corrected chi connectivity index (χ2v) is 3.59. The molecule has 0 spiro atoms. The molecule has 0 rings (SSSR count). The van der Waals surface area contributed by atoms with Gasteiger partial charge in [-0.05, 0) is 13.5 Å². The molecule has 6 nitrogen and oxygen atoms in total. The minimum atomic E-state index is -0.139. The number of rotatable bonds is 13. The van der Waals surface area contributed by atoms with Gasteiger partial charge in [-0.25, -0.2) is 0 Å². The van der Waals surface area contributed by atoms with Crippen LogP contribution in [0.1, 0.15) is 6.42 Å². The van der Waals surface area contributed by atoms with E-state index in [1.807, 2.05) is 0 Å². The fourth-order valence-corrected chi connectivity index (χ4v) is 1.16. The van der Waals surface area contributed by atoms with Crippen LogP contribution >= 0.6 is 0 Å². The van der Waals surface area contributed by atoms with E-state index in [9.17, 15) is 0 Å². The summed E-state index contributed by atoms with van der Waals surface area (Å²) in [5, 5.41) is 11.6. The zero-order valence-corrected chi connectivity index (χ0v) is 11.3. The largest absolute Gasteiger partial charge is 0.382 e. The number of nitrogens with zero attached hydrogens (tertiary/aromatic N) is 1. The summed E-state index contributed by atoms with van der Waals surface area (Å²) in [6.07, 6.45) is 0.688. The SMILES string of the molecule is CNC(C#N)CCOCCOCCOCCOC. The van der Waals surface area contributed by atoms with Gasteiger partial charge in [0.2, 0.25) is 0 Å². The predicted molar refractivity (Wildman–Crippen MR) is 67.4 cm³/mol. The Morgan fingerprint density at radius 1 is 0.944 bits per heavy atom. The van der Waals surface area contributed by atoms with Crippen LogP contribution in [0.3, 0.4) is 0 Å². The molecular formula is C12H24N2O4. The van der Waals surface area contributed by atoms with Gasteiger partial charge in [0, 0.05) is 13.7 Å². The molecule has 0 aliphatic rings. The quantitative estimate of drug-likeness (QED) is 0.476. The molecule has 0 saturated heterocycles. The highest BCUT2D eigenvalue weighted by molar-refractivity contribution is 4.87. The highest BCUT2D eigenvalue weighted by Crippen LogP contribution is 1.90. The molecule has 0 amide bonds. The second-order valence-electron chi connectivity index (χ2n) is 3.59. The summed E-state index contributed by atoms with van der Waals surface area (Å²) in [6.45, 7) is 3.98. The summed E-state index contributed by atoms with van der Waals surface area (Å²) < 4.78 is 20.7. The molecule has 0 bridgehead atoms. The van der Waals surface area contributed by atoms with Gasteiger partial charge in [0.25, 0.3) is 0 Å². The maximum Gasteiger partial charge on any atom is 0.0972 e. The Hall–Kier alpha value is -0.710. The molecule has 0 radical (unpaired) electrons. The normalized spacial score (nSPS) is 12.3. The van der Waals surface area contributed by atoms with Gasteiger partial charge in [0.15, 0.2) is 0 Å². The lowest BCUT2D eigenvalue weighted by atomic mass is 10.2. The first-order valence-electron chi connectivity index (χ1n) is 6.14. The van der Waals surface area contributed by atoms with E-state index in [4.69, 9.17) is 24.2 Å². The van der Waals surface area contributed by atoms with E-state index in [-0.39, 0.29) is 6.04 Å². The molecule has 0 heterocycles. The first kappa shape index (κ1) is 17.3. The molecule has 1 atom stereocenters. The van der Waals surface area contributed by atoms with Gasteiger partial charge in [0.1, 0.15) is 0 Å². The van der Waals surface area contributed by atoms with Crippen molar-refractivity contribution in [3.05, 3.63) is 0 Å². The predicted octanol–water partition coefficient (Wildman–Crippen LogP) is 0.184. The van der Waals surface area contributed by atoms with E-state index in [0.717, 1.165) is 0 Å². The molecule has 6 heteroatoms. The molecule has 0 aromatic carbocycles. The minimum Gasteiger partial charge on any atom is -0.382 e. The Balaban J connectivity index is 3.05. The van der Waals surface area contributed by atoms with Crippen LogP contribution in [0.5, 0.6) is 0 Å². The number of ether oxygens (including phenoxy) is 4. The number of hydrogen-bond donors (Lipinski definition) is 1. The molecule has 18 heavy (non-hydrogen) atoms. The maximum absolute atomic E-state index is 8.67. The fraction of sp³-hybridized carbons (Fsp3) is 0.917. The van der Waals surface area contributed by atoms with Gasteiger partial charge in [0.05, 0.1) is 51.8 Å². The summed E-state index contributed by atoms with van der Waals surface area (Å²) in [6, 6.07) is 2.00. The highest BCUT2D eigenvalue weighted by Gasteiger charge is 2.02. The molecule has 0 aromatic rings. The highest BCUT2D eigenvalue weighted by atomic mass is 16.6. The van der Waals surface area contributed by atoms with Crippen molar-refractivity contribution < 1.29 is 18.9 Å². The first-order chi connectivity index (χ1) is 8.85. The van der Waals surface area contributed by atoms with E-state index in [2.05, 4.69) is 11.4 Å². The number of hydrogen-bond acceptors (Lipinski definition) is 6. The Morgan fingerprint density at radius 2 is 1.44 bits per heavy atom. The fourth-order valence-electron chi connectivity index (χ4n) is 1.16. The molecule has 106 valence electrons. The molecular weight excluding hydrogens is 236 g/mol. The van der Waals surface area contributed by atoms with E-state index >= 15 is 0 Å². The summed E-state index contributed by atoms with van der Waals surface area (Å²) >= 11 is 0. The summed E-state index contributed by atoms with van der Waals surface area (Å²) in [7, 11) is 3.41. The van der Waals surface area contributed by atoms with Crippen LogP contribution < -0.4 is 5.32 Å². The third-order valence-electron chi connectivity index (χ3n) is 2.23. The molecule has 1 N–H and O–H groups in total. The lowest BCUT2D eigenvalue weighted by Gasteiger charge is -2.08. The average Bonchev–Trinajstić information content (AvgIpc) is 2.40. The van der Waals surface area contributed by atoms with Crippen molar-refractivity contribution in [3.63, 3.8) is 0 Å². The molecule has 0 aliphatic heterocycles. The Kier molecular flexibility index (Phi) is 13.8. The molecule has 1 unspecified atom stereocenters. The maximum atomic E-state index is 8.67. The van der Waals surface area contributed by atoms with Crippen LogP contribution in [0, 0.1) is 11.3 Å².